The van der Waals surface area contributed by atoms with E-state index in [9.17, 15) is 4.79 Å². The lowest BCUT2D eigenvalue weighted by Gasteiger charge is -2.37. The summed E-state index contributed by atoms with van der Waals surface area (Å²) in [6.07, 6.45) is 2.58. The Balaban J connectivity index is 1.47. The van der Waals surface area contributed by atoms with Gasteiger partial charge < -0.3 is 14.4 Å². The Morgan fingerprint density at radius 1 is 1.12 bits per heavy atom. The molecule has 0 aliphatic carbocycles. The van der Waals surface area contributed by atoms with Gasteiger partial charge >= 0.3 is 5.97 Å². The fourth-order valence-electron chi connectivity index (χ4n) is 3.63. The number of ether oxygens (including phenoxy) is 2. The normalized spacial score (nSPS) is 20.5. The molecule has 0 bridgehead atoms. The first kappa shape index (κ1) is 18.5. The van der Waals surface area contributed by atoms with Crippen LogP contribution in [0.25, 0.3) is 0 Å². The van der Waals surface area contributed by atoms with E-state index in [1.807, 2.05) is 24.3 Å². The summed E-state index contributed by atoms with van der Waals surface area (Å²) in [5.74, 6) is 1.19. The van der Waals surface area contributed by atoms with Crippen molar-refractivity contribution in [2.24, 2.45) is 0 Å². The average Bonchev–Trinajstić information content (AvgIpc) is 2.69. The first-order valence-corrected chi connectivity index (χ1v) is 9.19. The van der Waals surface area contributed by atoms with Crippen molar-refractivity contribution in [2.45, 2.75) is 37.8 Å². The van der Waals surface area contributed by atoms with E-state index in [1.165, 1.54) is 5.56 Å². The van der Waals surface area contributed by atoms with Gasteiger partial charge in [0.25, 0.3) is 0 Å². The molecule has 4 nitrogen and oxygen atoms in total. The van der Waals surface area contributed by atoms with Gasteiger partial charge in [-0.2, -0.15) is 0 Å². The standard InChI is InChI=1S/C22H27NO3/c1-23-15-19(18-8-4-3-5-9-18)11-12-20(23)14-22(24)26-16-17-7-6-10-21(13-17)25-2/h3-10,13,19-20H,11-12,14-16H2,1-2H3/t19-,20-/m1/s1. The van der Waals surface area contributed by atoms with E-state index in [1.54, 1.807) is 7.11 Å². The van der Waals surface area contributed by atoms with Crippen LogP contribution in [0.5, 0.6) is 5.75 Å². The third-order valence-corrected chi connectivity index (χ3v) is 5.19. The molecule has 0 spiro atoms. The van der Waals surface area contributed by atoms with Crippen LogP contribution in [0.1, 0.15) is 36.3 Å². The number of carbonyl (C=O) groups is 1. The highest BCUT2D eigenvalue weighted by molar-refractivity contribution is 5.70. The van der Waals surface area contributed by atoms with Crippen LogP contribution in [0.2, 0.25) is 0 Å². The summed E-state index contributed by atoms with van der Waals surface area (Å²) >= 11 is 0. The molecule has 1 fully saturated rings. The van der Waals surface area contributed by atoms with Gasteiger partial charge in [0.05, 0.1) is 13.5 Å². The summed E-state index contributed by atoms with van der Waals surface area (Å²) in [7, 11) is 3.74. The number of likely N-dealkylation sites (N-methyl/N-ethyl adjacent to an activating group) is 1. The molecule has 0 N–H and O–H groups in total. The maximum absolute atomic E-state index is 12.3. The van der Waals surface area contributed by atoms with E-state index in [2.05, 4.69) is 42.3 Å². The van der Waals surface area contributed by atoms with Crippen molar-refractivity contribution < 1.29 is 14.3 Å². The van der Waals surface area contributed by atoms with Crippen molar-refractivity contribution in [3.05, 3.63) is 65.7 Å². The molecule has 138 valence electrons. The number of esters is 1. The van der Waals surface area contributed by atoms with Gasteiger partial charge in [0.1, 0.15) is 12.4 Å². The quantitative estimate of drug-likeness (QED) is 0.736. The van der Waals surface area contributed by atoms with Gasteiger partial charge in [-0.3, -0.25) is 4.79 Å². The van der Waals surface area contributed by atoms with Crippen LogP contribution in [0.15, 0.2) is 54.6 Å². The van der Waals surface area contributed by atoms with Gasteiger partial charge in [0, 0.05) is 12.6 Å². The predicted octanol–water partition coefficient (Wildman–Crippen LogP) is 4.01. The number of likely N-dealkylation sites (tertiary alicyclic amines) is 1. The molecule has 0 saturated carbocycles. The van der Waals surface area contributed by atoms with E-state index in [-0.39, 0.29) is 12.0 Å². The largest absolute Gasteiger partial charge is 0.497 e. The molecule has 0 radical (unpaired) electrons. The van der Waals surface area contributed by atoms with Crippen LogP contribution in [0.4, 0.5) is 0 Å². The predicted molar refractivity (Wildman–Crippen MR) is 102 cm³/mol. The van der Waals surface area contributed by atoms with Crippen molar-refractivity contribution in [2.75, 3.05) is 20.7 Å². The van der Waals surface area contributed by atoms with E-state index in [4.69, 9.17) is 9.47 Å². The molecule has 2 aromatic rings. The Labute approximate surface area is 155 Å². The molecule has 0 amide bonds. The van der Waals surface area contributed by atoms with Crippen LogP contribution >= 0.6 is 0 Å². The first-order chi connectivity index (χ1) is 12.7. The average molecular weight is 353 g/mol. The van der Waals surface area contributed by atoms with E-state index < -0.39 is 0 Å². The zero-order valence-corrected chi connectivity index (χ0v) is 15.6. The highest BCUT2D eigenvalue weighted by atomic mass is 16.5. The maximum Gasteiger partial charge on any atom is 0.307 e. The second-order valence-electron chi connectivity index (χ2n) is 6.99. The lowest BCUT2D eigenvalue weighted by Crippen LogP contribution is -2.41. The Morgan fingerprint density at radius 2 is 1.92 bits per heavy atom. The number of hydrogen-bond acceptors (Lipinski definition) is 4. The number of rotatable bonds is 6. The minimum absolute atomic E-state index is 0.136. The lowest BCUT2D eigenvalue weighted by molar-refractivity contribution is -0.146. The molecule has 0 aromatic heterocycles. The minimum Gasteiger partial charge on any atom is -0.497 e. The molecule has 1 aliphatic heterocycles. The van der Waals surface area contributed by atoms with Crippen molar-refractivity contribution in [1.29, 1.82) is 0 Å². The molecule has 2 aromatic carbocycles. The second kappa shape index (κ2) is 8.86. The molecule has 0 unspecified atom stereocenters. The Bertz CT molecular complexity index is 716. The molecule has 1 heterocycles. The topological polar surface area (TPSA) is 38.8 Å². The van der Waals surface area contributed by atoms with Crippen LogP contribution in [-0.4, -0.2) is 37.6 Å². The third-order valence-electron chi connectivity index (χ3n) is 5.19. The van der Waals surface area contributed by atoms with Gasteiger partial charge in [-0.1, -0.05) is 42.5 Å². The van der Waals surface area contributed by atoms with Gasteiger partial charge in [-0.05, 0) is 49.1 Å². The lowest BCUT2D eigenvalue weighted by atomic mass is 9.87. The van der Waals surface area contributed by atoms with Gasteiger partial charge in [0.2, 0.25) is 0 Å². The van der Waals surface area contributed by atoms with Crippen LogP contribution in [-0.2, 0) is 16.1 Å². The molecule has 1 aliphatic rings. The number of piperidine rings is 1. The van der Waals surface area contributed by atoms with Crippen molar-refractivity contribution >= 4 is 5.97 Å². The molecular weight excluding hydrogens is 326 g/mol. The zero-order chi connectivity index (χ0) is 18.4. The number of hydrogen-bond donors (Lipinski definition) is 0. The summed E-state index contributed by atoms with van der Waals surface area (Å²) in [6.45, 7) is 1.27. The number of nitrogens with zero attached hydrogens (tertiary/aromatic N) is 1. The molecule has 3 rings (SSSR count). The Kier molecular flexibility index (Phi) is 6.29. The number of benzene rings is 2. The van der Waals surface area contributed by atoms with E-state index >= 15 is 0 Å². The second-order valence-corrected chi connectivity index (χ2v) is 6.99. The smallest absolute Gasteiger partial charge is 0.307 e. The molecule has 26 heavy (non-hydrogen) atoms. The molecule has 1 saturated heterocycles. The zero-order valence-electron chi connectivity index (χ0n) is 15.6. The first-order valence-electron chi connectivity index (χ1n) is 9.19. The minimum atomic E-state index is -0.136. The summed E-state index contributed by atoms with van der Waals surface area (Å²) in [4.78, 5) is 14.6. The highest BCUT2D eigenvalue weighted by Gasteiger charge is 2.28. The van der Waals surface area contributed by atoms with E-state index in [0.717, 1.165) is 30.7 Å². The Hall–Kier alpha value is -2.33. The van der Waals surface area contributed by atoms with E-state index in [0.29, 0.717) is 18.9 Å². The molecule has 2 atom stereocenters. The SMILES string of the molecule is COc1cccc(COC(=O)C[C@H]2CC[C@@H](c3ccccc3)CN2C)c1. The van der Waals surface area contributed by atoms with Crippen LogP contribution < -0.4 is 4.74 Å². The van der Waals surface area contributed by atoms with Gasteiger partial charge in [-0.15, -0.1) is 0 Å². The summed E-state index contributed by atoms with van der Waals surface area (Å²) in [5.41, 5.74) is 2.33. The van der Waals surface area contributed by atoms with Gasteiger partial charge in [-0.25, -0.2) is 0 Å². The fourth-order valence-corrected chi connectivity index (χ4v) is 3.63. The van der Waals surface area contributed by atoms with Crippen molar-refractivity contribution in [1.82, 2.24) is 4.90 Å². The maximum atomic E-state index is 12.3. The third kappa shape index (κ3) is 4.85. The molecule has 4 heteroatoms. The number of carbonyl (C=O) groups excluding carboxylic acids is 1. The highest BCUT2D eigenvalue weighted by Crippen LogP contribution is 2.30. The van der Waals surface area contributed by atoms with Crippen LogP contribution in [0.3, 0.4) is 0 Å². The fraction of sp³-hybridized carbons (Fsp3) is 0.409. The van der Waals surface area contributed by atoms with Crippen molar-refractivity contribution in [3.63, 3.8) is 0 Å². The van der Waals surface area contributed by atoms with Gasteiger partial charge in [0.15, 0.2) is 0 Å². The summed E-state index contributed by atoms with van der Waals surface area (Å²) in [6, 6.07) is 18.5. The van der Waals surface area contributed by atoms with Crippen molar-refractivity contribution in [3.8, 4) is 5.75 Å². The van der Waals surface area contributed by atoms with Crippen LogP contribution in [0, 0.1) is 0 Å². The monoisotopic (exact) mass is 353 g/mol. The number of methoxy groups -OCH3 is 1. The summed E-state index contributed by atoms with van der Waals surface area (Å²) < 4.78 is 10.7. The Morgan fingerprint density at radius 3 is 2.65 bits per heavy atom. The summed E-state index contributed by atoms with van der Waals surface area (Å²) in [5, 5.41) is 0. The molecular formula is C22H27NO3.